The van der Waals surface area contributed by atoms with Gasteiger partial charge in [0.05, 0.1) is 12.5 Å². The molecule has 1 fully saturated rings. The Hall–Kier alpha value is -1.46. The topological polar surface area (TPSA) is 52.6 Å². The molecule has 5 heteroatoms. The Morgan fingerprint density at radius 3 is 2.86 bits per heavy atom. The number of halogens is 1. The van der Waals surface area contributed by atoms with Crippen LogP contribution >= 0.6 is 0 Å². The predicted molar refractivity (Wildman–Crippen MR) is 84.0 cm³/mol. The molecular weight excluding hydrogens is 283 g/mol. The molecule has 0 saturated carbocycles. The molecule has 0 aromatic heterocycles. The zero-order valence-electron chi connectivity index (χ0n) is 13.1. The summed E-state index contributed by atoms with van der Waals surface area (Å²) in [5, 5.41) is 12.7. The van der Waals surface area contributed by atoms with Gasteiger partial charge < -0.3 is 15.3 Å². The molecule has 22 heavy (non-hydrogen) atoms. The van der Waals surface area contributed by atoms with E-state index in [2.05, 4.69) is 17.1 Å². The van der Waals surface area contributed by atoms with Crippen molar-refractivity contribution in [1.29, 1.82) is 0 Å². The molecule has 0 radical (unpaired) electrons. The van der Waals surface area contributed by atoms with E-state index < -0.39 is 6.10 Å². The van der Waals surface area contributed by atoms with E-state index in [4.69, 9.17) is 0 Å². The Bertz CT molecular complexity index is 487. The fourth-order valence-electron chi connectivity index (χ4n) is 2.73. The first-order valence-corrected chi connectivity index (χ1v) is 7.94. The van der Waals surface area contributed by atoms with Crippen LogP contribution in [0.25, 0.3) is 0 Å². The lowest BCUT2D eigenvalue weighted by atomic mass is 9.99. The average molecular weight is 308 g/mol. The Morgan fingerprint density at radius 1 is 1.45 bits per heavy atom. The largest absolute Gasteiger partial charge is 0.390 e. The molecule has 2 N–H and O–H groups in total. The van der Waals surface area contributed by atoms with Crippen molar-refractivity contribution in [2.75, 3.05) is 26.2 Å². The first-order chi connectivity index (χ1) is 10.5. The molecular formula is C17H25FN2O2. The number of amides is 1. The van der Waals surface area contributed by atoms with Gasteiger partial charge in [-0.3, -0.25) is 4.79 Å². The van der Waals surface area contributed by atoms with Gasteiger partial charge >= 0.3 is 0 Å². The van der Waals surface area contributed by atoms with Gasteiger partial charge in [0.25, 0.3) is 0 Å². The van der Waals surface area contributed by atoms with E-state index in [1.807, 2.05) is 0 Å². The highest BCUT2D eigenvalue weighted by Gasteiger charge is 2.18. The Balaban J connectivity index is 1.67. The number of piperidine rings is 1. The van der Waals surface area contributed by atoms with Crippen LogP contribution in [0.4, 0.5) is 4.39 Å². The van der Waals surface area contributed by atoms with Gasteiger partial charge in [-0.15, -0.1) is 0 Å². The van der Waals surface area contributed by atoms with Crippen molar-refractivity contribution in [3.05, 3.63) is 35.6 Å². The van der Waals surface area contributed by atoms with Crippen LogP contribution in [0.2, 0.25) is 0 Å². The molecule has 0 spiro atoms. The van der Waals surface area contributed by atoms with E-state index in [9.17, 15) is 14.3 Å². The summed E-state index contributed by atoms with van der Waals surface area (Å²) in [6, 6.07) is 6.01. The average Bonchev–Trinajstić information content (AvgIpc) is 2.48. The molecule has 0 bridgehead atoms. The lowest BCUT2D eigenvalue weighted by molar-refractivity contribution is -0.121. The van der Waals surface area contributed by atoms with Crippen molar-refractivity contribution in [3.63, 3.8) is 0 Å². The van der Waals surface area contributed by atoms with Crippen molar-refractivity contribution >= 4 is 5.91 Å². The monoisotopic (exact) mass is 308 g/mol. The van der Waals surface area contributed by atoms with E-state index in [1.54, 1.807) is 12.1 Å². The highest BCUT2D eigenvalue weighted by molar-refractivity contribution is 5.78. The van der Waals surface area contributed by atoms with E-state index in [1.165, 1.54) is 25.0 Å². The fourth-order valence-corrected chi connectivity index (χ4v) is 2.73. The van der Waals surface area contributed by atoms with Gasteiger partial charge in [0, 0.05) is 13.1 Å². The second kappa shape index (κ2) is 8.25. The molecule has 1 atom stereocenters. The number of β-amino-alcohol motifs (C(OH)–C–C–N with tert-alkyl or cyclic N) is 1. The second-order valence-corrected chi connectivity index (χ2v) is 6.25. The number of nitrogens with zero attached hydrogens (tertiary/aromatic N) is 1. The first-order valence-electron chi connectivity index (χ1n) is 7.94. The van der Waals surface area contributed by atoms with Gasteiger partial charge in [0.1, 0.15) is 5.82 Å². The molecule has 1 aromatic carbocycles. The van der Waals surface area contributed by atoms with Crippen LogP contribution in [0.3, 0.4) is 0 Å². The summed E-state index contributed by atoms with van der Waals surface area (Å²) in [6.07, 6.45) is 1.90. The van der Waals surface area contributed by atoms with Crippen LogP contribution in [0.1, 0.15) is 25.3 Å². The zero-order valence-corrected chi connectivity index (χ0v) is 13.1. The smallest absolute Gasteiger partial charge is 0.224 e. The summed E-state index contributed by atoms with van der Waals surface area (Å²) in [5.41, 5.74) is 0.636. The Labute approximate surface area is 131 Å². The van der Waals surface area contributed by atoms with Crippen LogP contribution in [0.15, 0.2) is 24.3 Å². The van der Waals surface area contributed by atoms with E-state index in [-0.39, 0.29) is 24.7 Å². The molecule has 1 unspecified atom stereocenters. The van der Waals surface area contributed by atoms with Crippen LogP contribution in [-0.2, 0) is 11.2 Å². The number of nitrogens with one attached hydrogen (secondary N) is 1. The normalized spacial score (nSPS) is 18.1. The summed E-state index contributed by atoms with van der Waals surface area (Å²) in [4.78, 5) is 14.0. The molecule has 2 rings (SSSR count). The quantitative estimate of drug-likeness (QED) is 0.839. The third kappa shape index (κ3) is 5.73. The highest BCUT2D eigenvalue weighted by Crippen LogP contribution is 2.15. The third-order valence-electron chi connectivity index (χ3n) is 4.13. The molecule has 1 saturated heterocycles. The summed E-state index contributed by atoms with van der Waals surface area (Å²) >= 11 is 0. The van der Waals surface area contributed by atoms with Crippen LogP contribution in [0, 0.1) is 11.7 Å². The number of carbonyl (C=O) groups is 1. The molecule has 4 nitrogen and oxygen atoms in total. The number of rotatable bonds is 6. The Kier molecular flexibility index (Phi) is 6.34. The maximum absolute atomic E-state index is 13.0. The molecule has 1 heterocycles. The predicted octanol–water partition coefficient (Wildman–Crippen LogP) is 1.58. The van der Waals surface area contributed by atoms with Gasteiger partial charge in [0.2, 0.25) is 5.91 Å². The van der Waals surface area contributed by atoms with Crippen LogP contribution in [0.5, 0.6) is 0 Å². The SMILES string of the molecule is CC1CCN(CC(O)CNC(=O)Cc2cccc(F)c2)CC1. The number of aliphatic hydroxyl groups excluding tert-OH is 1. The first kappa shape index (κ1) is 16.9. The lowest BCUT2D eigenvalue weighted by Gasteiger charge is -2.31. The van der Waals surface area contributed by atoms with Gasteiger partial charge in [-0.05, 0) is 49.5 Å². The lowest BCUT2D eigenvalue weighted by Crippen LogP contribution is -2.43. The van der Waals surface area contributed by atoms with Crippen molar-refractivity contribution in [2.45, 2.75) is 32.3 Å². The minimum Gasteiger partial charge on any atom is -0.390 e. The van der Waals surface area contributed by atoms with E-state index in [0.717, 1.165) is 19.0 Å². The van der Waals surface area contributed by atoms with Crippen molar-refractivity contribution in [1.82, 2.24) is 10.2 Å². The molecule has 122 valence electrons. The van der Waals surface area contributed by atoms with Gasteiger partial charge in [-0.1, -0.05) is 19.1 Å². The van der Waals surface area contributed by atoms with Crippen LogP contribution < -0.4 is 5.32 Å². The number of hydrogen-bond donors (Lipinski definition) is 2. The van der Waals surface area contributed by atoms with Gasteiger partial charge in [-0.2, -0.15) is 0 Å². The number of benzene rings is 1. The molecule has 1 aliphatic rings. The second-order valence-electron chi connectivity index (χ2n) is 6.25. The molecule has 1 amide bonds. The van der Waals surface area contributed by atoms with Gasteiger partial charge in [-0.25, -0.2) is 4.39 Å². The number of likely N-dealkylation sites (tertiary alicyclic amines) is 1. The van der Waals surface area contributed by atoms with Crippen molar-refractivity contribution < 1.29 is 14.3 Å². The van der Waals surface area contributed by atoms with Gasteiger partial charge in [0.15, 0.2) is 0 Å². The fraction of sp³-hybridized carbons (Fsp3) is 0.588. The van der Waals surface area contributed by atoms with Crippen molar-refractivity contribution in [3.8, 4) is 0 Å². The Morgan fingerprint density at radius 2 is 2.18 bits per heavy atom. The maximum Gasteiger partial charge on any atom is 0.224 e. The highest BCUT2D eigenvalue weighted by atomic mass is 19.1. The van der Waals surface area contributed by atoms with E-state index in [0.29, 0.717) is 12.1 Å². The number of carbonyl (C=O) groups excluding carboxylic acids is 1. The molecule has 1 aliphatic heterocycles. The standard InChI is InChI=1S/C17H25FN2O2/c1-13-5-7-20(8-6-13)12-16(21)11-19-17(22)10-14-3-2-4-15(18)9-14/h2-4,9,13,16,21H,5-8,10-12H2,1H3,(H,19,22). The summed E-state index contributed by atoms with van der Waals surface area (Å²) in [5.74, 6) is 0.223. The van der Waals surface area contributed by atoms with Crippen LogP contribution in [-0.4, -0.2) is 48.2 Å². The van der Waals surface area contributed by atoms with E-state index >= 15 is 0 Å². The minimum atomic E-state index is -0.565. The molecule has 1 aromatic rings. The number of aliphatic hydroxyl groups is 1. The summed E-state index contributed by atoms with van der Waals surface area (Å²) < 4.78 is 13.0. The third-order valence-corrected chi connectivity index (χ3v) is 4.13. The number of hydrogen-bond acceptors (Lipinski definition) is 3. The zero-order chi connectivity index (χ0) is 15.9. The summed E-state index contributed by atoms with van der Waals surface area (Å²) in [6.45, 7) is 5.10. The summed E-state index contributed by atoms with van der Waals surface area (Å²) in [7, 11) is 0. The minimum absolute atomic E-state index is 0.131. The maximum atomic E-state index is 13.0. The molecule has 0 aliphatic carbocycles. The van der Waals surface area contributed by atoms with Crippen molar-refractivity contribution in [2.24, 2.45) is 5.92 Å².